The number of hydrogen-bond acceptors (Lipinski definition) is 4. The SMILES string of the molecule is CCCN1CCCC(CN)(N2CCSC(C)(C)C2)CC1. The quantitative estimate of drug-likeness (QED) is 0.864. The van der Waals surface area contributed by atoms with Crippen LogP contribution in [0.15, 0.2) is 0 Å². The Hall–Kier alpha value is 0.230. The van der Waals surface area contributed by atoms with E-state index < -0.39 is 0 Å². The monoisotopic (exact) mass is 299 g/mol. The molecule has 0 amide bonds. The van der Waals surface area contributed by atoms with Crippen molar-refractivity contribution in [2.24, 2.45) is 5.73 Å². The second-order valence-corrected chi connectivity index (χ2v) is 8.96. The predicted octanol–water partition coefficient (Wildman–Crippen LogP) is 2.41. The van der Waals surface area contributed by atoms with Crippen molar-refractivity contribution in [1.29, 1.82) is 0 Å². The first-order chi connectivity index (χ1) is 9.51. The highest BCUT2D eigenvalue weighted by molar-refractivity contribution is 8.00. The Morgan fingerprint density at radius 2 is 1.95 bits per heavy atom. The molecular weight excluding hydrogens is 266 g/mol. The van der Waals surface area contributed by atoms with Crippen LogP contribution in [0.25, 0.3) is 0 Å². The molecule has 0 saturated carbocycles. The lowest BCUT2D eigenvalue weighted by Crippen LogP contribution is -2.59. The third-order valence-electron chi connectivity index (χ3n) is 5.03. The summed E-state index contributed by atoms with van der Waals surface area (Å²) in [6.07, 6.45) is 5.11. The minimum absolute atomic E-state index is 0.265. The summed E-state index contributed by atoms with van der Waals surface area (Å²) in [5, 5.41) is 0. The number of nitrogens with zero attached hydrogens (tertiary/aromatic N) is 2. The molecule has 2 heterocycles. The Bertz CT molecular complexity index is 308. The molecule has 118 valence electrons. The van der Waals surface area contributed by atoms with Crippen molar-refractivity contribution in [3.63, 3.8) is 0 Å². The lowest BCUT2D eigenvalue weighted by Gasteiger charge is -2.49. The molecule has 0 aliphatic carbocycles. The first kappa shape index (κ1) is 16.6. The highest BCUT2D eigenvalue weighted by atomic mass is 32.2. The summed E-state index contributed by atoms with van der Waals surface area (Å²) in [4.78, 5) is 5.38. The van der Waals surface area contributed by atoms with Gasteiger partial charge in [0, 0.05) is 35.7 Å². The molecule has 3 nitrogen and oxygen atoms in total. The molecule has 1 unspecified atom stereocenters. The van der Waals surface area contributed by atoms with Crippen molar-refractivity contribution >= 4 is 11.8 Å². The predicted molar refractivity (Wildman–Crippen MR) is 90.5 cm³/mol. The Kier molecular flexibility index (Phi) is 5.80. The average Bonchev–Trinajstić information content (AvgIpc) is 2.61. The Morgan fingerprint density at radius 1 is 1.15 bits per heavy atom. The first-order valence-electron chi connectivity index (χ1n) is 8.33. The molecule has 20 heavy (non-hydrogen) atoms. The van der Waals surface area contributed by atoms with E-state index in [2.05, 4.69) is 42.3 Å². The number of nitrogens with two attached hydrogens (primary N) is 1. The van der Waals surface area contributed by atoms with Crippen LogP contribution >= 0.6 is 11.8 Å². The summed E-state index contributed by atoms with van der Waals surface area (Å²) in [7, 11) is 0. The maximum atomic E-state index is 6.28. The van der Waals surface area contributed by atoms with Gasteiger partial charge in [-0.05, 0) is 59.2 Å². The zero-order chi connectivity index (χ0) is 14.6. The van der Waals surface area contributed by atoms with E-state index in [9.17, 15) is 0 Å². The summed E-state index contributed by atoms with van der Waals surface area (Å²) < 4.78 is 0.385. The summed E-state index contributed by atoms with van der Waals surface area (Å²) in [5.74, 6) is 1.26. The van der Waals surface area contributed by atoms with E-state index >= 15 is 0 Å². The van der Waals surface area contributed by atoms with E-state index in [1.54, 1.807) is 0 Å². The molecule has 0 aromatic heterocycles. The topological polar surface area (TPSA) is 32.5 Å². The van der Waals surface area contributed by atoms with Crippen LogP contribution < -0.4 is 5.73 Å². The van der Waals surface area contributed by atoms with Gasteiger partial charge < -0.3 is 10.6 Å². The molecule has 0 aromatic carbocycles. The highest BCUT2D eigenvalue weighted by Crippen LogP contribution is 2.36. The van der Waals surface area contributed by atoms with E-state index in [4.69, 9.17) is 5.73 Å². The van der Waals surface area contributed by atoms with Crippen LogP contribution in [-0.4, -0.2) is 65.1 Å². The van der Waals surface area contributed by atoms with Gasteiger partial charge in [0.15, 0.2) is 0 Å². The molecular formula is C16H33N3S. The Morgan fingerprint density at radius 3 is 2.60 bits per heavy atom. The molecule has 0 aromatic rings. The number of likely N-dealkylation sites (tertiary alicyclic amines) is 1. The molecule has 2 rings (SSSR count). The van der Waals surface area contributed by atoms with Gasteiger partial charge in [0.1, 0.15) is 0 Å². The van der Waals surface area contributed by atoms with Gasteiger partial charge in [0.2, 0.25) is 0 Å². The Balaban J connectivity index is 2.05. The minimum atomic E-state index is 0.265. The standard InChI is InChI=1S/C16H33N3S/c1-4-8-18-9-5-6-16(13-17,7-10-18)19-11-12-20-15(2,3)14-19/h4-14,17H2,1-3H3. The van der Waals surface area contributed by atoms with Gasteiger partial charge in [-0.15, -0.1) is 0 Å². The second-order valence-electron chi connectivity index (χ2n) is 7.15. The molecule has 2 aliphatic rings. The molecule has 0 spiro atoms. The first-order valence-corrected chi connectivity index (χ1v) is 9.31. The third-order valence-corrected chi connectivity index (χ3v) is 6.32. The highest BCUT2D eigenvalue weighted by Gasteiger charge is 2.41. The fourth-order valence-corrected chi connectivity index (χ4v) is 4.96. The van der Waals surface area contributed by atoms with E-state index in [0.717, 1.165) is 6.54 Å². The molecule has 2 saturated heterocycles. The summed E-state index contributed by atoms with van der Waals surface area (Å²) in [6.45, 7) is 14.0. The number of hydrogen-bond donors (Lipinski definition) is 1. The zero-order valence-electron chi connectivity index (χ0n) is 13.7. The van der Waals surface area contributed by atoms with Gasteiger partial charge in [0.25, 0.3) is 0 Å². The van der Waals surface area contributed by atoms with E-state index in [1.807, 2.05) is 0 Å². The molecule has 2 fully saturated rings. The average molecular weight is 300 g/mol. The minimum Gasteiger partial charge on any atom is -0.329 e. The maximum absolute atomic E-state index is 6.28. The van der Waals surface area contributed by atoms with E-state index in [1.165, 1.54) is 64.2 Å². The lowest BCUT2D eigenvalue weighted by molar-refractivity contribution is 0.0729. The lowest BCUT2D eigenvalue weighted by atomic mass is 9.87. The summed E-state index contributed by atoms with van der Waals surface area (Å²) in [6, 6.07) is 0. The van der Waals surface area contributed by atoms with Crippen LogP contribution in [0.1, 0.15) is 46.5 Å². The van der Waals surface area contributed by atoms with Crippen molar-refractivity contribution in [1.82, 2.24) is 9.80 Å². The van der Waals surface area contributed by atoms with Gasteiger partial charge in [-0.3, -0.25) is 4.90 Å². The molecule has 2 N–H and O–H groups in total. The number of thioether (sulfide) groups is 1. The molecule has 2 aliphatic heterocycles. The summed E-state index contributed by atoms with van der Waals surface area (Å²) >= 11 is 2.12. The fourth-order valence-electron chi connectivity index (χ4n) is 3.85. The smallest absolute Gasteiger partial charge is 0.0345 e. The molecule has 0 radical (unpaired) electrons. The largest absolute Gasteiger partial charge is 0.329 e. The zero-order valence-corrected chi connectivity index (χ0v) is 14.5. The maximum Gasteiger partial charge on any atom is 0.0345 e. The summed E-state index contributed by atoms with van der Waals surface area (Å²) in [5.41, 5.74) is 6.54. The van der Waals surface area contributed by atoms with Crippen LogP contribution in [-0.2, 0) is 0 Å². The second kappa shape index (κ2) is 6.99. The van der Waals surface area contributed by atoms with Crippen LogP contribution in [0.5, 0.6) is 0 Å². The molecule has 4 heteroatoms. The van der Waals surface area contributed by atoms with Crippen LogP contribution in [0, 0.1) is 0 Å². The van der Waals surface area contributed by atoms with Gasteiger partial charge in [0.05, 0.1) is 0 Å². The van der Waals surface area contributed by atoms with Gasteiger partial charge >= 0.3 is 0 Å². The van der Waals surface area contributed by atoms with Crippen molar-refractivity contribution < 1.29 is 0 Å². The van der Waals surface area contributed by atoms with Crippen LogP contribution in [0.3, 0.4) is 0 Å². The van der Waals surface area contributed by atoms with E-state index in [-0.39, 0.29) is 5.54 Å². The van der Waals surface area contributed by atoms with Crippen molar-refractivity contribution in [3.8, 4) is 0 Å². The third kappa shape index (κ3) is 3.90. The van der Waals surface area contributed by atoms with Crippen molar-refractivity contribution in [3.05, 3.63) is 0 Å². The molecule has 1 atom stereocenters. The van der Waals surface area contributed by atoms with Gasteiger partial charge in [-0.2, -0.15) is 11.8 Å². The van der Waals surface area contributed by atoms with Gasteiger partial charge in [-0.25, -0.2) is 0 Å². The Labute approximate surface area is 129 Å². The van der Waals surface area contributed by atoms with E-state index in [0.29, 0.717) is 4.75 Å². The van der Waals surface area contributed by atoms with Crippen molar-refractivity contribution in [2.75, 3.05) is 45.0 Å². The van der Waals surface area contributed by atoms with Gasteiger partial charge in [-0.1, -0.05) is 6.92 Å². The molecule has 0 bridgehead atoms. The number of rotatable bonds is 4. The normalized spacial score (nSPS) is 33.0. The van der Waals surface area contributed by atoms with Crippen LogP contribution in [0.4, 0.5) is 0 Å². The fraction of sp³-hybridized carbons (Fsp3) is 1.00. The van der Waals surface area contributed by atoms with Crippen LogP contribution in [0.2, 0.25) is 0 Å². The van der Waals surface area contributed by atoms with Crippen molar-refractivity contribution in [2.45, 2.75) is 56.7 Å².